The van der Waals surface area contributed by atoms with Crippen LogP contribution in [0.4, 0.5) is 0 Å². The second-order valence-electron chi connectivity index (χ2n) is 24.5. The van der Waals surface area contributed by atoms with E-state index in [0.29, 0.717) is 37.6 Å². The third kappa shape index (κ3) is 37.1. The fraction of sp³-hybridized carbons (Fsp3) is 0.696. The zero-order valence-corrected chi connectivity index (χ0v) is 51.8. The summed E-state index contributed by atoms with van der Waals surface area (Å²) in [6.07, 6.45) is 46.9. The van der Waals surface area contributed by atoms with Crippen molar-refractivity contribution in [1.29, 1.82) is 0 Å². The Labute approximate surface area is 462 Å². The topological polar surface area (TPSA) is 88.8 Å². The molecule has 0 aromatic carbocycles. The van der Waals surface area contributed by atoms with E-state index in [1.54, 1.807) is 20.8 Å². The number of allylic oxidation sites excluding steroid dienone is 18. The van der Waals surface area contributed by atoms with Crippen molar-refractivity contribution in [2.24, 2.45) is 0 Å². The maximum Gasteiger partial charge on any atom is 0.130 e. The molecule has 0 aliphatic carbocycles. The Bertz CT molecular complexity index is 2020. The summed E-state index contributed by atoms with van der Waals surface area (Å²) >= 11 is 0. The van der Waals surface area contributed by atoms with Crippen LogP contribution in [0.1, 0.15) is 279 Å². The summed E-state index contributed by atoms with van der Waals surface area (Å²) in [6.45, 7) is 37.9. The number of hydrogen-bond donors (Lipinski definition) is 0. The maximum absolute atomic E-state index is 11.0. The Morgan fingerprint density at radius 3 is 0.813 bits per heavy atom. The zero-order valence-electron chi connectivity index (χ0n) is 51.8. The highest BCUT2D eigenvalue weighted by atomic mass is 16.6. The fourth-order valence-electron chi connectivity index (χ4n) is 9.33. The summed E-state index contributed by atoms with van der Waals surface area (Å²) in [7, 11) is 0. The molecule has 3 heterocycles. The van der Waals surface area contributed by atoms with Crippen LogP contribution in [0.15, 0.2) is 105 Å². The van der Waals surface area contributed by atoms with Gasteiger partial charge in [0.15, 0.2) is 0 Å². The molecule has 0 saturated carbocycles. The lowest BCUT2D eigenvalue weighted by atomic mass is 9.96. The van der Waals surface area contributed by atoms with Crippen molar-refractivity contribution in [3.05, 3.63) is 105 Å². The quantitative estimate of drug-likeness (QED) is 0.0459. The van der Waals surface area contributed by atoms with Gasteiger partial charge in [-0.2, -0.15) is 0 Å². The SMILES string of the molecule is CC(=O)CC/C=C(/C)CC/C=C(\C)CC/C=C(\C)CCC1OC1(C)C.CC(=O)CC/C=C(/C)CC/C=C(\C)CCC1OC1(C)CCC=C(C)C.CC(=O)CC/C=C(/C)CCC1OC1(C)CC/C=C(\C)CCC=C(C)C. The number of epoxide rings is 3. The minimum Gasteiger partial charge on any atom is -0.367 e. The van der Waals surface area contributed by atoms with Crippen LogP contribution >= 0.6 is 0 Å². The highest BCUT2D eigenvalue weighted by Crippen LogP contribution is 2.45. The van der Waals surface area contributed by atoms with E-state index in [1.165, 1.54) is 50.2 Å². The van der Waals surface area contributed by atoms with Gasteiger partial charge in [-0.05, 0) is 259 Å². The van der Waals surface area contributed by atoms with Crippen LogP contribution in [-0.4, -0.2) is 52.5 Å². The standard InChI is InChI=1S/3C23H38O2/c1-18(2)10-9-17-23(6)22(25-23)16-15-20(4)12-7-11-19(3)13-8-14-21(5)24;1-18(2)10-7-11-19(3)13-9-17-23(6)22(25-23)16-15-20(4)12-8-14-21(5)24;1-18(10-7-11-19(2)14-9-15-21(4)24)12-8-13-20(3)16-17-22-23(5,6)25-22/h2*10,12-13,22H,7-9,11,14-17H2,1-6H3;10,13-14,22H,7-9,11-12,15-17H2,1-6H3/b19-13-,20-12+;19-13+,20-12-;18-10+,19-14-,20-13+. The molecule has 75 heavy (non-hydrogen) atoms. The van der Waals surface area contributed by atoms with Gasteiger partial charge in [-0.3, -0.25) is 0 Å². The third-order valence-electron chi connectivity index (χ3n) is 15.1. The maximum atomic E-state index is 11.0. The lowest BCUT2D eigenvalue weighted by Gasteiger charge is -2.06. The van der Waals surface area contributed by atoms with Crippen molar-refractivity contribution in [1.82, 2.24) is 0 Å². The van der Waals surface area contributed by atoms with Crippen LogP contribution in [0.5, 0.6) is 0 Å². The first-order chi connectivity index (χ1) is 35.2. The molecule has 3 rings (SSSR count). The summed E-state index contributed by atoms with van der Waals surface area (Å²) in [4.78, 5) is 32.8. The highest BCUT2D eigenvalue weighted by molar-refractivity contribution is 5.76. The smallest absolute Gasteiger partial charge is 0.130 e. The molecular weight excluding hydrogens is 925 g/mol. The molecule has 0 radical (unpaired) electrons. The number of ketones is 3. The lowest BCUT2D eigenvalue weighted by molar-refractivity contribution is -0.117. The van der Waals surface area contributed by atoms with Gasteiger partial charge in [0.2, 0.25) is 0 Å². The molecule has 5 atom stereocenters. The molecule has 3 fully saturated rings. The number of ether oxygens (including phenoxy) is 3. The molecule has 0 aromatic rings. The van der Waals surface area contributed by atoms with Crippen molar-refractivity contribution in [2.75, 3.05) is 0 Å². The first-order valence-corrected chi connectivity index (χ1v) is 29.5. The molecule has 3 aliphatic rings. The van der Waals surface area contributed by atoms with Gasteiger partial charge in [0.1, 0.15) is 17.3 Å². The van der Waals surface area contributed by atoms with E-state index in [-0.39, 0.29) is 34.2 Å². The van der Waals surface area contributed by atoms with Crippen LogP contribution in [-0.2, 0) is 28.6 Å². The van der Waals surface area contributed by atoms with E-state index in [0.717, 1.165) is 135 Å². The normalized spacial score (nSPS) is 22.6. The summed E-state index contributed by atoms with van der Waals surface area (Å²) in [5.41, 5.74) is 13.2. The predicted molar refractivity (Wildman–Crippen MR) is 324 cm³/mol. The average Bonchev–Trinajstić information content (AvgIpc) is 4.25. The van der Waals surface area contributed by atoms with Gasteiger partial charge in [0, 0.05) is 19.3 Å². The fourth-order valence-corrected chi connectivity index (χ4v) is 9.33. The molecule has 3 aliphatic heterocycles. The van der Waals surface area contributed by atoms with Crippen LogP contribution in [0.25, 0.3) is 0 Å². The summed E-state index contributed by atoms with van der Waals surface area (Å²) in [5, 5.41) is 0. The molecule has 6 nitrogen and oxygen atoms in total. The molecule has 3 saturated heterocycles. The zero-order chi connectivity index (χ0) is 56.6. The highest BCUT2D eigenvalue weighted by Gasteiger charge is 2.51. The second kappa shape index (κ2) is 37.4. The van der Waals surface area contributed by atoms with E-state index in [2.05, 4.69) is 159 Å². The number of carbonyl (C=O) groups is 3. The second-order valence-corrected chi connectivity index (χ2v) is 24.5. The number of carbonyl (C=O) groups excluding carboxylic acids is 3. The van der Waals surface area contributed by atoms with Crippen molar-refractivity contribution < 1.29 is 28.6 Å². The molecule has 0 amide bonds. The molecule has 5 unspecified atom stereocenters. The minimum absolute atomic E-state index is 0.0797. The Balaban J connectivity index is 0.000000562. The van der Waals surface area contributed by atoms with Gasteiger partial charge in [-0.15, -0.1) is 0 Å². The van der Waals surface area contributed by atoms with Crippen molar-refractivity contribution >= 4 is 17.3 Å². The van der Waals surface area contributed by atoms with E-state index in [1.807, 2.05) is 0 Å². The third-order valence-corrected chi connectivity index (χ3v) is 15.1. The largest absolute Gasteiger partial charge is 0.367 e. The van der Waals surface area contributed by atoms with Gasteiger partial charge >= 0.3 is 0 Å². The van der Waals surface area contributed by atoms with Crippen molar-refractivity contribution in [2.45, 2.75) is 314 Å². The van der Waals surface area contributed by atoms with Crippen LogP contribution in [0.2, 0.25) is 0 Å². The van der Waals surface area contributed by atoms with Crippen LogP contribution in [0.3, 0.4) is 0 Å². The first-order valence-electron chi connectivity index (χ1n) is 29.5. The molecule has 0 N–H and O–H groups in total. The molecule has 0 bridgehead atoms. The minimum atomic E-state index is 0.0797. The Kier molecular flexibility index (Phi) is 34.7. The summed E-state index contributed by atoms with van der Waals surface area (Å²) in [5.74, 6) is 0.817. The van der Waals surface area contributed by atoms with E-state index >= 15 is 0 Å². The number of hydrogen-bond acceptors (Lipinski definition) is 6. The molecule has 6 heteroatoms. The van der Waals surface area contributed by atoms with Gasteiger partial charge in [-0.25, -0.2) is 0 Å². The van der Waals surface area contributed by atoms with Crippen LogP contribution < -0.4 is 0 Å². The Morgan fingerprint density at radius 2 is 0.533 bits per heavy atom. The number of Topliss-reactive ketones (excluding diaryl/α,β-unsaturated/α-hetero) is 3. The van der Waals surface area contributed by atoms with Crippen molar-refractivity contribution in [3.8, 4) is 0 Å². The van der Waals surface area contributed by atoms with Gasteiger partial charge < -0.3 is 28.6 Å². The lowest BCUT2D eigenvalue weighted by Crippen LogP contribution is -2.09. The van der Waals surface area contributed by atoms with Gasteiger partial charge in [-0.1, -0.05) is 105 Å². The average molecular weight is 1040 g/mol. The van der Waals surface area contributed by atoms with E-state index in [9.17, 15) is 14.4 Å². The Hall–Kier alpha value is -3.45. The summed E-state index contributed by atoms with van der Waals surface area (Å²) in [6, 6.07) is 0. The Morgan fingerprint density at radius 1 is 0.307 bits per heavy atom. The number of rotatable bonds is 36. The van der Waals surface area contributed by atoms with Gasteiger partial charge in [0.05, 0.1) is 35.1 Å². The summed E-state index contributed by atoms with van der Waals surface area (Å²) < 4.78 is 17.6. The molecular formula is C69H114O6. The molecule has 0 spiro atoms. The molecule has 0 aromatic heterocycles. The van der Waals surface area contributed by atoms with Crippen molar-refractivity contribution in [3.63, 3.8) is 0 Å². The van der Waals surface area contributed by atoms with E-state index in [4.69, 9.17) is 14.2 Å². The van der Waals surface area contributed by atoms with Crippen LogP contribution in [0, 0.1) is 0 Å². The molecule has 426 valence electrons. The van der Waals surface area contributed by atoms with E-state index < -0.39 is 0 Å². The first kappa shape index (κ1) is 69.6. The van der Waals surface area contributed by atoms with Gasteiger partial charge in [0.25, 0.3) is 0 Å². The predicted octanol–water partition coefficient (Wildman–Crippen LogP) is 20.1. The monoisotopic (exact) mass is 1040 g/mol.